The van der Waals surface area contributed by atoms with Gasteiger partial charge in [0.25, 0.3) is 0 Å². The van der Waals surface area contributed by atoms with Crippen molar-refractivity contribution >= 4 is 0 Å². The van der Waals surface area contributed by atoms with Crippen LogP contribution >= 0.6 is 0 Å². The van der Waals surface area contributed by atoms with E-state index in [0.717, 1.165) is 24.7 Å². The minimum atomic E-state index is 0.109. The monoisotopic (exact) mass is 408 g/mol. The SMILES string of the molecule is CCOc1ccc([C@@H](c2nnnn2Cc2ccccc2)[NH+]2CC[NH+](CC)CC2)cc1. The molecule has 1 fully saturated rings. The lowest BCUT2D eigenvalue weighted by Gasteiger charge is -2.33. The fourth-order valence-corrected chi connectivity index (χ4v) is 4.34. The van der Waals surface area contributed by atoms with Gasteiger partial charge in [-0.3, -0.25) is 0 Å². The van der Waals surface area contributed by atoms with Gasteiger partial charge >= 0.3 is 0 Å². The molecule has 7 nitrogen and oxygen atoms in total. The summed E-state index contributed by atoms with van der Waals surface area (Å²) in [6.07, 6.45) is 0. The number of benzene rings is 2. The second kappa shape index (κ2) is 9.82. The molecule has 3 aromatic rings. The Hall–Kier alpha value is -2.77. The number of ether oxygens (including phenoxy) is 1. The smallest absolute Gasteiger partial charge is 0.214 e. The summed E-state index contributed by atoms with van der Waals surface area (Å²) in [4.78, 5) is 3.20. The van der Waals surface area contributed by atoms with Gasteiger partial charge in [0.15, 0.2) is 6.04 Å². The molecule has 0 spiro atoms. The number of hydrogen-bond donors (Lipinski definition) is 2. The summed E-state index contributed by atoms with van der Waals surface area (Å²) in [6, 6.07) is 19.0. The number of quaternary nitrogens is 2. The maximum Gasteiger partial charge on any atom is 0.214 e. The van der Waals surface area contributed by atoms with Crippen LogP contribution in [0, 0.1) is 0 Å². The summed E-state index contributed by atoms with van der Waals surface area (Å²) in [6.45, 7) is 11.4. The lowest BCUT2D eigenvalue weighted by atomic mass is 10.0. The number of nitrogens with zero attached hydrogens (tertiary/aromatic N) is 4. The largest absolute Gasteiger partial charge is 0.494 e. The average molecular weight is 409 g/mol. The summed E-state index contributed by atoms with van der Waals surface area (Å²) in [5.41, 5.74) is 2.43. The molecular weight excluding hydrogens is 376 g/mol. The summed E-state index contributed by atoms with van der Waals surface area (Å²) in [5, 5.41) is 12.9. The highest BCUT2D eigenvalue weighted by Gasteiger charge is 2.35. The maximum absolute atomic E-state index is 5.65. The molecule has 2 N–H and O–H groups in total. The molecule has 30 heavy (non-hydrogen) atoms. The van der Waals surface area contributed by atoms with E-state index in [2.05, 4.69) is 71.0 Å². The van der Waals surface area contributed by atoms with Crippen molar-refractivity contribution in [1.29, 1.82) is 0 Å². The predicted molar refractivity (Wildman–Crippen MR) is 115 cm³/mol. The van der Waals surface area contributed by atoms with Gasteiger partial charge in [0, 0.05) is 5.56 Å². The molecule has 1 aromatic heterocycles. The maximum atomic E-state index is 5.65. The van der Waals surface area contributed by atoms with E-state index in [9.17, 15) is 0 Å². The van der Waals surface area contributed by atoms with E-state index in [4.69, 9.17) is 4.74 Å². The van der Waals surface area contributed by atoms with E-state index < -0.39 is 0 Å². The van der Waals surface area contributed by atoms with E-state index in [1.165, 1.54) is 35.7 Å². The predicted octanol–water partition coefficient (Wildman–Crippen LogP) is 0.0128. The van der Waals surface area contributed by atoms with Crippen LogP contribution in [-0.2, 0) is 6.54 Å². The van der Waals surface area contributed by atoms with E-state index in [1.807, 2.05) is 17.7 Å². The third kappa shape index (κ3) is 4.68. The minimum absolute atomic E-state index is 0.109. The molecule has 7 heteroatoms. The van der Waals surface area contributed by atoms with Crippen molar-refractivity contribution in [2.45, 2.75) is 26.4 Å². The first-order chi connectivity index (χ1) is 14.8. The molecule has 1 saturated heterocycles. The number of likely N-dealkylation sites (N-methyl/N-ethyl adjacent to an activating group) is 1. The number of tetrazole rings is 1. The second-order valence-corrected chi connectivity index (χ2v) is 7.88. The number of nitrogens with one attached hydrogen (secondary N) is 2. The quantitative estimate of drug-likeness (QED) is 0.551. The first-order valence-corrected chi connectivity index (χ1v) is 11.0. The first kappa shape index (κ1) is 20.5. The Bertz CT molecular complexity index is 903. The highest BCUT2D eigenvalue weighted by molar-refractivity contribution is 5.31. The molecule has 0 aliphatic carbocycles. The lowest BCUT2D eigenvalue weighted by molar-refractivity contribution is -1.02. The highest BCUT2D eigenvalue weighted by Crippen LogP contribution is 2.21. The molecule has 2 heterocycles. The van der Waals surface area contributed by atoms with Gasteiger partial charge in [-0.25, -0.2) is 4.68 Å². The van der Waals surface area contributed by atoms with Crippen LogP contribution < -0.4 is 14.5 Å². The Morgan fingerprint density at radius 1 is 0.967 bits per heavy atom. The van der Waals surface area contributed by atoms with Gasteiger partial charge in [-0.05, 0) is 54.1 Å². The number of aromatic nitrogens is 4. The average Bonchev–Trinajstić information content (AvgIpc) is 3.24. The Morgan fingerprint density at radius 2 is 1.70 bits per heavy atom. The zero-order chi connectivity index (χ0) is 20.8. The van der Waals surface area contributed by atoms with Crippen LogP contribution in [0.1, 0.15) is 36.8 Å². The molecule has 158 valence electrons. The Labute approximate surface area is 178 Å². The van der Waals surface area contributed by atoms with Gasteiger partial charge in [0.2, 0.25) is 5.82 Å². The van der Waals surface area contributed by atoms with Crippen LogP contribution in [0.4, 0.5) is 0 Å². The Balaban J connectivity index is 1.65. The van der Waals surface area contributed by atoms with Crippen molar-refractivity contribution in [1.82, 2.24) is 20.2 Å². The topological polar surface area (TPSA) is 61.7 Å². The number of piperazine rings is 1. The second-order valence-electron chi connectivity index (χ2n) is 7.88. The summed E-state index contributed by atoms with van der Waals surface area (Å²) in [7, 11) is 0. The Kier molecular flexibility index (Phi) is 6.71. The van der Waals surface area contributed by atoms with Gasteiger partial charge in [0.1, 0.15) is 31.9 Å². The molecule has 0 amide bonds. The molecule has 1 atom stereocenters. The number of rotatable bonds is 8. The lowest BCUT2D eigenvalue weighted by Crippen LogP contribution is -3.28. The third-order valence-electron chi connectivity index (χ3n) is 6.02. The standard InChI is InChI=1S/C23H30N6O/c1-3-27-14-16-28(17-15-27)22(20-10-12-21(13-11-20)30-4-2)23-24-25-26-29(23)18-19-8-6-5-7-9-19/h5-13,22H,3-4,14-18H2,1-2H3/p+2/t22-/m0/s1. The molecule has 1 aliphatic heterocycles. The summed E-state index contributed by atoms with van der Waals surface area (Å²) >= 11 is 0. The van der Waals surface area contributed by atoms with Crippen molar-refractivity contribution in [3.8, 4) is 5.75 Å². The molecule has 0 unspecified atom stereocenters. The molecule has 0 saturated carbocycles. The van der Waals surface area contributed by atoms with E-state index in [1.54, 1.807) is 4.90 Å². The van der Waals surface area contributed by atoms with Crippen LogP contribution in [0.15, 0.2) is 54.6 Å². The van der Waals surface area contributed by atoms with E-state index in [-0.39, 0.29) is 6.04 Å². The van der Waals surface area contributed by atoms with Gasteiger partial charge in [-0.15, -0.1) is 5.10 Å². The third-order valence-corrected chi connectivity index (χ3v) is 6.02. The van der Waals surface area contributed by atoms with Crippen molar-refractivity contribution in [2.75, 3.05) is 39.3 Å². The van der Waals surface area contributed by atoms with Crippen LogP contribution in [0.3, 0.4) is 0 Å². The van der Waals surface area contributed by atoms with Crippen LogP contribution in [0.25, 0.3) is 0 Å². The highest BCUT2D eigenvalue weighted by atomic mass is 16.5. The molecule has 0 bridgehead atoms. The fraction of sp³-hybridized carbons (Fsp3) is 0.435. The normalized spacial score (nSPS) is 20.1. The van der Waals surface area contributed by atoms with Gasteiger partial charge in [-0.2, -0.15) is 0 Å². The van der Waals surface area contributed by atoms with Crippen LogP contribution in [0.5, 0.6) is 5.75 Å². The molecular formula is C23H32N6O+2. The zero-order valence-corrected chi connectivity index (χ0v) is 17.9. The van der Waals surface area contributed by atoms with Crippen molar-refractivity contribution in [3.05, 3.63) is 71.5 Å². The Morgan fingerprint density at radius 3 is 2.37 bits per heavy atom. The van der Waals surface area contributed by atoms with Crippen molar-refractivity contribution < 1.29 is 14.5 Å². The molecule has 0 radical (unpaired) electrons. The first-order valence-electron chi connectivity index (χ1n) is 11.0. The molecule has 4 rings (SSSR count). The minimum Gasteiger partial charge on any atom is -0.494 e. The van der Waals surface area contributed by atoms with Gasteiger partial charge in [-0.1, -0.05) is 30.3 Å². The van der Waals surface area contributed by atoms with Crippen molar-refractivity contribution in [3.63, 3.8) is 0 Å². The number of hydrogen-bond acceptors (Lipinski definition) is 4. The van der Waals surface area contributed by atoms with E-state index >= 15 is 0 Å². The fourth-order valence-electron chi connectivity index (χ4n) is 4.34. The van der Waals surface area contributed by atoms with Crippen LogP contribution in [-0.4, -0.2) is 59.5 Å². The summed E-state index contributed by atoms with van der Waals surface area (Å²) in [5.74, 6) is 1.83. The van der Waals surface area contributed by atoms with Crippen molar-refractivity contribution in [2.24, 2.45) is 0 Å². The molecule has 2 aromatic carbocycles. The zero-order valence-electron chi connectivity index (χ0n) is 17.9. The molecule has 1 aliphatic rings. The van der Waals surface area contributed by atoms with Gasteiger partial charge < -0.3 is 14.5 Å². The van der Waals surface area contributed by atoms with Gasteiger partial charge in [0.05, 0.1) is 19.7 Å². The summed E-state index contributed by atoms with van der Waals surface area (Å²) < 4.78 is 7.61. The van der Waals surface area contributed by atoms with Crippen LogP contribution in [0.2, 0.25) is 0 Å². The van der Waals surface area contributed by atoms with E-state index in [0.29, 0.717) is 13.2 Å².